The maximum atomic E-state index is 11.1. The Hall–Kier alpha value is -2.42. The molecule has 2 rings (SSSR count). The minimum atomic E-state index is -1.08. The van der Waals surface area contributed by atoms with E-state index in [-0.39, 0.29) is 10.8 Å². The standard InChI is InChI=1S/C11H14N6O2S/c1-6-7(4-12-16(6)2)14-11(20)15-8-5-13-17(3)9(8)10(18)19/h4-5H,1-3H3,(H,18,19)(H2,14,15,20). The Balaban J connectivity index is 2.13. The molecule has 0 aliphatic carbocycles. The maximum Gasteiger partial charge on any atom is 0.356 e. The third-order valence-electron chi connectivity index (χ3n) is 2.87. The molecule has 0 amide bonds. The summed E-state index contributed by atoms with van der Waals surface area (Å²) in [5.41, 5.74) is 2.04. The molecule has 8 nitrogen and oxygen atoms in total. The van der Waals surface area contributed by atoms with Gasteiger partial charge in [0.25, 0.3) is 0 Å². The van der Waals surface area contributed by atoms with E-state index in [1.807, 2.05) is 14.0 Å². The van der Waals surface area contributed by atoms with E-state index in [0.29, 0.717) is 5.69 Å². The highest BCUT2D eigenvalue weighted by molar-refractivity contribution is 7.80. The predicted octanol–water partition coefficient (Wildman–Crippen LogP) is 0.969. The Morgan fingerprint density at radius 3 is 2.30 bits per heavy atom. The van der Waals surface area contributed by atoms with Gasteiger partial charge in [0.2, 0.25) is 0 Å². The summed E-state index contributed by atoms with van der Waals surface area (Å²) in [6.45, 7) is 1.89. The first-order valence-corrected chi connectivity index (χ1v) is 6.13. The number of aromatic carboxylic acids is 1. The van der Waals surface area contributed by atoms with Gasteiger partial charge in [-0.1, -0.05) is 0 Å². The third kappa shape index (κ3) is 2.62. The summed E-state index contributed by atoms with van der Waals surface area (Å²) in [5, 5.41) is 23.1. The van der Waals surface area contributed by atoms with Crippen LogP contribution in [0.2, 0.25) is 0 Å². The Bertz CT molecular complexity index is 675. The third-order valence-corrected chi connectivity index (χ3v) is 3.08. The smallest absolute Gasteiger partial charge is 0.356 e. The molecule has 2 aromatic rings. The van der Waals surface area contributed by atoms with Crippen molar-refractivity contribution in [2.75, 3.05) is 10.6 Å². The first-order chi connectivity index (χ1) is 9.40. The molecule has 0 spiro atoms. The number of rotatable bonds is 3. The van der Waals surface area contributed by atoms with E-state index in [2.05, 4.69) is 20.8 Å². The zero-order valence-electron chi connectivity index (χ0n) is 11.2. The van der Waals surface area contributed by atoms with Gasteiger partial charge in [-0.3, -0.25) is 9.36 Å². The minimum Gasteiger partial charge on any atom is -0.476 e. The summed E-state index contributed by atoms with van der Waals surface area (Å²) in [6.07, 6.45) is 3.05. The molecule has 2 heterocycles. The van der Waals surface area contributed by atoms with Crippen LogP contribution in [0.4, 0.5) is 11.4 Å². The summed E-state index contributed by atoms with van der Waals surface area (Å²) in [7, 11) is 3.37. The van der Waals surface area contributed by atoms with Gasteiger partial charge in [0.05, 0.1) is 29.5 Å². The predicted molar refractivity (Wildman–Crippen MR) is 78.0 cm³/mol. The number of thiocarbonyl (C=S) groups is 1. The summed E-state index contributed by atoms with van der Waals surface area (Å²) in [5.74, 6) is -1.08. The van der Waals surface area contributed by atoms with Crippen LogP contribution in [0, 0.1) is 6.92 Å². The van der Waals surface area contributed by atoms with E-state index in [0.717, 1.165) is 11.4 Å². The molecule has 9 heteroatoms. The largest absolute Gasteiger partial charge is 0.476 e. The second-order valence-electron chi connectivity index (χ2n) is 4.18. The van der Waals surface area contributed by atoms with Crippen molar-refractivity contribution >= 4 is 34.7 Å². The second-order valence-corrected chi connectivity index (χ2v) is 4.59. The fourth-order valence-electron chi connectivity index (χ4n) is 1.68. The number of nitrogens with one attached hydrogen (secondary N) is 2. The highest BCUT2D eigenvalue weighted by atomic mass is 32.1. The van der Waals surface area contributed by atoms with Gasteiger partial charge in [0.1, 0.15) is 0 Å². The van der Waals surface area contributed by atoms with Gasteiger partial charge < -0.3 is 15.7 Å². The molecule has 0 aliphatic heterocycles. The fraction of sp³-hybridized carbons (Fsp3) is 0.273. The van der Waals surface area contributed by atoms with E-state index in [4.69, 9.17) is 17.3 Å². The molecule has 106 valence electrons. The lowest BCUT2D eigenvalue weighted by Gasteiger charge is -2.09. The van der Waals surface area contributed by atoms with E-state index in [1.54, 1.807) is 17.9 Å². The summed E-state index contributed by atoms with van der Waals surface area (Å²) >= 11 is 5.15. The number of aryl methyl sites for hydroxylation is 2. The molecular weight excluding hydrogens is 280 g/mol. The van der Waals surface area contributed by atoms with Crippen LogP contribution in [0.15, 0.2) is 12.4 Å². The lowest BCUT2D eigenvalue weighted by atomic mass is 10.3. The molecule has 20 heavy (non-hydrogen) atoms. The van der Waals surface area contributed by atoms with Crippen LogP contribution in [0.5, 0.6) is 0 Å². The van der Waals surface area contributed by atoms with Gasteiger partial charge in [-0.25, -0.2) is 4.79 Å². The normalized spacial score (nSPS) is 10.3. The average molecular weight is 294 g/mol. The van der Waals surface area contributed by atoms with Gasteiger partial charge in [-0.05, 0) is 19.1 Å². The van der Waals surface area contributed by atoms with E-state index in [9.17, 15) is 4.79 Å². The molecule has 0 fully saturated rings. The number of carboxylic acids is 1. The Kier molecular flexibility index (Phi) is 3.70. The fourth-order valence-corrected chi connectivity index (χ4v) is 1.90. The van der Waals surface area contributed by atoms with Crippen LogP contribution >= 0.6 is 12.2 Å². The van der Waals surface area contributed by atoms with Crippen molar-refractivity contribution < 1.29 is 9.90 Å². The zero-order chi connectivity index (χ0) is 14.9. The van der Waals surface area contributed by atoms with Crippen molar-refractivity contribution in [3.63, 3.8) is 0 Å². The number of anilines is 2. The molecule has 0 aliphatic rings. The van der Waals surface area contributed by atoms with Crippen molar-refractivity contribution in [1.29, 1.82) is 0 Å². The highest BCUT2D eigenvalue weighted by Crippen LogP contribution is 2.16. The van der Waals surface area contributed by atoms with Gasteiger partial charge in [-0.2, -0.15) is 10.2 Å². The summed E-state index contributed by atoms with van der Waals surface area (Å²) in [6, 6.07) is 0. The van der Waals surface area contributed by atoms with Crippen molar-refractivity contribution in [1.82, 2.24) is 19.6 Å². The molecule has 0 aromatic carbocycles. The molecule has 2 aromatic heterocycles. The van der Waals surface area contributed by atoms with E-state index in [1.165, 1.54) is 10.9 Å². The highest BCUT2D eigenvalue weighted by Gasteiger charge is 2.16. The van der Waals surface area contributed by atoms with Crippen LogP contribution < -0.4 is 10.6 Å². The maximum absolute atomic E-state index is 11.1. The van der Waals surface area contributed by atoms with Crippen molar-refractivity contribution in [2.45, 2.75) is 6.92 Å². The molecule has 0 bridgehead atoms. The number of aromatic nitrogens is 4. The first-order valence-electron chi connectivity index (χ1n) is 5.72. The molecular formula is C11H14N6O2S. The van der Waals surface area contributed by atoms with E-state index < -0.39 is 5.97 Å². The number of hydrogen-bond acceptors (Lipinski definition) is 4. The number of carbonyl (C=O) groups is 1. The monoisotopic (exact) mass is 294 g/mol. The lowest BCUT2D eigenvalue weighted by molar-refractivity contribution is 0.0686. The van der Waals surface area contributed by atoms with Crippen LogP contribution in [-0.4, -0.2) is 35.7 Å². The average Bonchev–Trinajstić information content (AvgIpc) is 2.87. The van der Waals surface area contributed by atoms with Crippen molar-refractivity contribution in [3.05, 3.63) is 23.8 Å². The zero-order valence-corrected chi connectivity index (χ0v) is 12.0. The van der Waals surface area contributed by atoms with Crippen LogP contribution in [0.25, 0.3) is 0 Å². The van der Waals surface area contributed by atoms with Crippen LogP contribution in [0.3, 0.4) is 0 Å². The quantitative estimate of drug-likeness (QED) is 0.726. The lowest BCUT2D eigenvalue weighted by Crippen LogP contribution is -2.21. The molecule has 0 unspecified atom stereocenters. The van der Waals surface area contributed by atoms with Gasteiger partial charge in [-0.15, -0.1) is 0 Å². The number of hydrogen-bond donors (Lipinski definition) is 3. The van der Waals surface area contributed by atoms with Crippen molar-refractivity contribution in [2.24, 2.45) is 14.1 Å². The number of nitrogens with zero attached hydrogens (tertiary/aromatic N) is 4. The van der Waals surface area contributed by atoms with Gasteiger partial charge in [0, 0.05) is 14.1 Å². The van der Waals surface area contributed by atoms with Gasteiger partial charge >= 0.3 is 5.97 Å². The summed E-state index contributed by atoms with van der Waals surface area (Å²) in [4.78, 5) is 11.1. The van der Waals surface area contributed by atoms with Crippen molar-refractivity contribution in [3.8, 4) is 0 Å². The minimum absolute atomic E-state index is 0.0389. The Morgan fingerprint density at radius 1 is 1.20 bits per heavy atom. The Labute approximate surface area is 120 Å². The van der Waals surface area contributed by atoms with E-state index >= 15 is 0 Å². The molecule has 0 saturated carbocycles. The Morgan fingerprint density at radius 2 is 1.75 bits per heavy atom. The first kappa shape index (κ1) is 14.0. The molecule has 0 radical (unpaired) electrons. The second kappa shape index (κ2) is 5.29. The summed E-state index contributed by atoms with van der Waals surface area (Å²) < 4.78 is 2.97. The molecule has 0 atom stereocenters. The molecule has 0 saturated heterocycles. The topological polar surface area (TPSA) is 97.0 Å². The molecule has 3 N–H and O–H groups in total. The SMILES string of the molecule is Cc1c(NC(=S)Nc2cnn(C)c2C(=O)O)cnn1C. The number of carboxylic acid groups (broad SMARTS) is 1. The van der Waals surface area contributed by atoms with Crippen LogP contribution in [0.1, 0.15) is 16.2 Å². The van der Waals surface area contributed by atoms with Gasteiger partial charge in [0.15, 0.2) is 10.8 Å². The van der Waals surface area contributed by atoms with Crippen LogP contribution in [-0.2, 0) is 14.1 Å².